The second-order valence-electron chi connectivity index (χ2n) is 6.14. The first-order valence-corrected chi connectivity index (χ1v) is 10.5. The lowest BCUT2D eigenvalue weighted by atomic mass is 10.0. The normalized spacial score (nSPS) is 10.9. The third-order valence-corrected chi connectivity index (χ3v) is 6.48. The van der Waals surface area contributed by atoms with Gasteiger partial charge in [-0.3, -0.25) is 9.59 Å². The molecule has 0 aliphatic heterocycles. The zero-order chi connectivity index (χ0) is 20.5. The van der Waals surface area contributed by atoms with Crippen molar-refractivity contribution < 1.29 is 14.7 Å². The van der Waals surface area contributed by atoms with Crippen LogP contribution in [0, 0.1) is 0 Å². The molecule has 3 aromatic heterocycles. The molecule has 29 heavy (non-hydrogen) atoms. The number of nitrogens with one attached hydrogen (secondary N) is 1. The van der Waals surface area contributed by atoms with Crippen LogP contribution in [0.5, 0.6) is 0 Å². The second-order valence-corrected chi connectivity index (χ2v) is 8.52. The molecule has 0 unspecified atom stereocenters. The van der Waals surface area contributed by atoms with Crippen LogP contribution in [-0.2, 0) is 4.79 Å². The summed E-state index contributed by atoms with van der Waals surface area (Å²) in [4.78, 5) is 29.8. The summed E-state index contributed by atoms with van der Waals surface area (Å²) in [5.41, 5.74) is 9.10. The number of carboxylic acids is 1. The van der Waals surface area contributed by atoms with E-state index in [-0.39, 0.29) is 10.6 Å². The third kappa shape index (κ3) is 3.82. The first-order chi connectivity index (χ1) is 13.9. The number of benzene rings is 1. The number of nitrogens with zero attached hydrogens (tertiary/aromatic N) is 1. The van der Waals surface area contributed by atoms with Crippen molar-refractivity contribution in [1.82, 2.24) is 10.3 Å². The summed E-state index contributed by atoms with van der Waals surface area (Å²) in [6.07, 6.45) is 0. The van der Waals surface area contributed by atoms with Gasteiger partial charge in [0.2, 0.25) is 0 Å². The van der Waals surface area contributed by atoms with Gasteiger partial charge in [0.05, 0.1) is 16.3 Å². The number of carboxylic acid groups (broad SMARTS) is 1. The Hall–Kier alpha value is -2.94. The molecular weight excluding hydrogens is 430 g/mol. The number of hydrogen-bond donors (Lipinski definition) is 3. The van der Waals surface area contributed by atoms with Crippen LogP contribution in [-0.4, -0.2) is 28.5 Å². The predicted molar refractivity (Wildman–Crippen MR) is 118 cm³/mol. The van der Waals surface area contributed by atoms with Crippen LogP contribution >= 0.6 is 34.3 Å². The summed E-state index contributed by atoms with van der Waals surface area (Å²) in [5.74, 6) is -1.66. The van der Waals surface area contributed by atoms with Crippen molar-refractivity contribution in [3.8, 4) is 21.7 Å². The van der Waals surface area contributed by atoms with Gasteiger partial charge in [0.15, 0.2) is 0 Å². The lowest BCUT2D eigenvalue weighted by molar-refractivity contribution is -0.135. The number of hydrogen-bond acceptors (Lipinski definition) is 6. The minimum Gasteiger partial charge on any atom is -0.480 e. The third-order valence-electron chi connectivity index (χ3n) is 4.23. The van der Waals surface area contributed by atoms with E-state index in [1.165, 1.54) is 0 Å². The Labute approximate surface area is 178 Å². The van der Waals surface area contributed by atoms with Gasteiger partial charge in [-0.05, 0) is 40.8 Å². The smallest absolute Gasteiger partial charge is 0.322 e. The molecule has 1 aromatic carbocycles. The molecule has 0 atom stereocenters. The first-order valence-electron chi connectivity index (χ1n) is 8.47. The average molecular weight is 444 g/mol. The van der Waals surface area contributed by atoms with Gasteiger partial charge < -0.3 is 16.2 Å². The quantitative estimate of drug-likeness (QED) is 0.413. The highest BCUT2D eigenvalue weighted by atomic mass is 35.5. The van der Waals surface area contributed by atoms with Gasteiger partial charge in [0.25, 0.3) is 5.91 Å². The number of nitrogen functional groups attached to an aromatic ring is 1. The number of amides is 1. The number of aliphatic carboxylic acids is 1. The lowest BCUT2D eigenvalue weighted by Crippen LogP contribution is -2.29. The maximum absolute atomic E-state index is 12.5. The lowest BCUT2D eigenvalue weighted by Gasteiger charge is -2.08. The van der Waals surface area contributed by atoms with Crippen molar-refractivity contribution in [2.75, 3.05) is 12.3 Å². The van der Waals surface area contributed by atoms with E-state index in [0.29, 0.717) is 15.2 Å². The molecule has 3 heterocycles. The van der Waals surface area contributed by atoms with Gasteiger partial charge in [0.1, 0.15) is 16.3 Å². The summed E-state index contributed by atoms with van der Waals surface area (Å²) < 4.78 is 0. The molecule has 0 aliphatic rings. The molecule has 4 aromatic rings. The Balaban J connectivity index is 1.92. The molecular formula is C20H14ClN3O3S2. The van der Waals surface area contributed by atoms with Crippen molar-refractivity contribution in [2.45, 2.75) is 0 Å². The van der Waals surface area contributed by atoms with Crippen LogP contribution in [0.2, 0.25) is 5.02 Å². The Kier molecular flexibility index (Phi) is 5.23. The van der Waals surface area contributed by atoms with Gasteiger partial charge in [0, 0.05) is 10.4 Å². The minimum absolute atomic E-state index is 0.243. The van der Waals surface area contributed by atoms with Crippen molar-refractivity contribution in [2.24, 2.45) is 0 Å². The molecule has 1 amide bonds. The van der Waals surface area contributed by atoms with Crippen molar-refractivity contribution >= 4 is 62.1 Å². The molecule has 0 saturated heterocycles. The van der Waals surface area contributed by atoms with E-state index in [1.807, 2.05) is 35.7 Å². The standard InChI is InChI=1S/C20H14ClN3O3S2/c21-11-5-3-10(4-6-11)12-8-13(14-2-1-7-28-14)24-20-16(12)17(22)18(29-20)19(27)23-9-15(25)26/h1-8H,9,22H2,(H,23,27)(H,25,26). The summed E-state index contributed by atoms with van der Waals surface area (Å²) in [6.45, 7) is -0.482. The van der Waals surface area contributed by atoms with Gasteiger partial charge in [-0.25, -0.2) is 4.98 Å². The minimum atomic E-state index is -1.13. The van der Waals surface area contributed by atoms with Crippen LogP contribution < -0.4 is 11.1 Å². The van der Waals surface area contributed by atoms with Gasteiger partial charge in [-0.15, -0.1) is 22.7 Å². The average Bonchev–Trinajstić information content (AvgIpc) is 3.35. The summed E-state index contributed by atoms with van der Waals surface area (Å²) >= 11 is 8.74. The number of carbonyl (C=O) groups excluding carboxylic acids is 1. The molecule has 0 saturated carbocycles. The molecule has 6 nitrogen and oxygen atoms in total. The van der Waals surface area contributed by atoms with Crippen LogP contribution in [0.1, 0.15) is 9.67 Å². The summed E-state index contributed by atoms with van der Waals surface area (Å²) in [5, 5.41) is 14.4. The molecule has 0 bridgehead atoms. The van der Waals surface area contributed by atoms with Crippen molar-refractivity contribution in [1.29, 1.82) is 0 Å². The topological polar surface area (TPSA) is 105 Å². The van der Waals surface area contributed by atoms with E-state index >= 15 is 0 Å². The fraction of sp³-hybridized carbons (Fsp3) is 0.0500. The van der Waals surface area contributed by atoms with Crippen LogP contribution in [0.3, 0.4) is 0 Å². The molecule has 4 rings (SSSR count). The first kappa shape index (κ1) is 19.4. The largest absolute Gasteiger partial charge is 0.480 e. The van der Waals surface area contributed by atoms with Gasteiger partial charge in [-0.2, -0.15) is 0 Å². The maximum atomic E-state index is 12.5. The number of thiophene rings is 2. The molecule has 0 radical (unpaired) electrons. The molecule has 0 fully saturated rings. The van der Waals surface area contributed by atoms with E-state index < -0.39 is 18.4 Å². The van der Waals surface area contributed by atoms with Crippen LogP contribution in [0.25, 0.3) is 31.9 Å². The Morgan fingerprint density at radius 3 is 2.62 bits per heavy atom. The molecule has 9 heteroatoms. The van der Waals surface area contributed by atoms with Gasteiger partial charge in [-0.1, -0.05) is 29.8 Å². The van der Waals surface area contributed by atoms with E-state index in [2.05, 4.69) is 5.32 Å². The van der Waals surface area contributed by atoms with Crippen molar-refractivity contribution in [3.05, 3.63) is 57.7 Å². The predicted octanol–water partition coefficient (Wildman–Crippen LogP) is 4.74. The SMILES string of the molecule is Nc1c(C(=O)NCC(=O)O)sc2nc(-c3cccs3)cc(-c3ccc(Cl)cc3)c12. The van der Waals surface area contributed by atoms with E-state index in [9.17, 15) is 9.59 Å². The van der Waals surface area contributed by atoms with Crippen LogP contribution in [0.4, 0.5) is 5.69 Å². The number of rotatable bonds is 5. The van der Waals surface area contributed by atoms with E-state index in [4.69, 9.17) is 27.4 Å². The highest BCUT2D eigenvalue weighted by Crippen LogP contribution is 2.42. The fourth-order valence-corrected chi connectivity index (χ4v) is 4.78. The van der Waals surface area contributed by atoms with E-state index in [1.54, 1.807) is 23.5 Å². The van der Waals surface area contributed by atoms with Crippen molar-refractivity contribution in [3.63, 3.8) is 0 Å². The van der Waals surface area contributed by atoms with Crippen LogP contribution in [0.15, 0.2) is 47.8 Å². The number of anilines is 1. The number of fused-ring (bicyclic) bond motifs is 1. The second kappa shape index (κ2) is 7.82. The molecule has 0 spiro atoms. The number of aromatic nitrogens is 1. The Bertz CT molecular complexity index is 1220. The monoisotopic (exact) mass is 443 g/mol. The number of pyridine rings is 1. The fourth-order valence-electron chi connectivity index (χ4n) is 2.93. The summed E-state index contributed by atoms with van der Waals surface area (Å²) in [6, 6.07) is 13.2. The number of carbonyl (C=O) groups is 2. The zero-order valence-corrected chi connectivity index (χ0v) is 17.2. The zero-order valence-electron chi connectivity index (χ0n) is 14.8. The Morgan fingerprint density at radius 1 is 1.21 bits per heavy atom. The van der Waals surface area contributed by atoms with E-state index in [0.717, 1.165) is 33.0 Å². The maximum Gasteiger partial charge on any atom is 0.322 e. The number of nitrogens with two attached hydrogens (primary N) is 1. The Morgan fingerprint density at radius 2 is 1.97 bits per heavy atom. The highest BCUT2D eigenvalue weighted by molar-refractivity contribution is 7.21. The van der Waals surface area contributed by atoms with Gasteiger partial charge >= 0.3 is 5.97 Å². The number of halogens is 1. The highest BCUT2D eigenvalue weighted by Gasteiger charge is 2.22. The molecule has 146 valence electrons. The molecule has 0 aliphatic carbocycles. The molecule has 4 N–H and O–H groups in total. The summed E-state index contributed by atoms with van der Waals surface area (Å²) in [7, 11) is 0.